The van der Waals surface area contributed by atoms with Gasteiger partial charge in [-0.1, -0.05) is 13.8 Å². The van der Waals surface area contributed by atoms with Gasteiger partial charge in [0.25, 0.3) is 0 Å². The minimum atomic E-state index is -0.455. The van der Waals surface area contributed by atoms with Gasteiger partial charge in [0.2, 0.25) is 0 Å². The van der Waals surface area contributed by atoms with E-state index in [1.165, 1.54) is 12.8 Å². The molecule has 2 rings (SSSR count). The second kappa shape index (κ2) is 5.07. The summed E-state index contributed by atoms with van der Waals surface area (Å²) in [6.45, 7) is 4.78. The molecule has 0 N–H and O–H groups in total. The van der Waals surface area contributed by atoms with Crippen LogP contribution in [0.1, 0.15) is 52.4 Å². The van der Waals surface area contributed by atoms with Crippen molar-refractivity contribution in [2.75, 3.05) is 13.7 Å². The van der Waals surface area contributed by atoms with Crippen LogP contribution in [0.4, 0.5) is 0 Å². The lowest BCUT2D eigenvalue weighted by Gasteiger charge is -2.44. The van der Waals surface area contributed by atoms with Gasteiger partial charge in [0.05, 0.1) is 0 Å². The number of nitrogens with zero attached hydrogens (tertiary/aromatic N) is 1. The molecule has 2 fully saturated rings. The van der Waals surface area contributed by atoms with Gasteiger partial charge in [-0.05, 0) is 39.2 Å². The van der Waals surface area contributed by atoms with Gasteiger partial charge >= 0.3 is 0 Å². The lowest BCUT2D eigenvalue weighted by atomic mass is 9.81. The van der Waals surface area contributed by atoms with Crippen molar-refractivity contribution in [3.63, 3.8) is 0 Å². The topological polar surface area (TPSA) is 29.5 Å². The fourth-order valence-corrected chi connectivity index (χ4v) is 3.47. The number of hydrogen-bond acceptors (Lipinski definition) is 3. The Labute approximate surface area is 105 Å². The molecule has 0 spiro atoms. The Bertz CT molecular complexity index is 276. The third kappa shape index (κ3) is 2.27. The monoisotopic (exact) mass is 239 g/mol. The molecule has 0 aromatic carbocycles. The van der Waals surface area contributed by atoms with Crippen molar-refractivity contribution in [3.05, 3.63) is 0 Å². The molecule has 2 saturated heterocycles. The summed E-state index contributed by atoms with van der Waals surface area (Å²) >= 11 is 0. The first kappa shape index (κ1) is 13.0. The molecule has 2 bridgehead atoms. The van der Waals surface area contributed by atoms with Gasteiger partial charge in [-0.25, -0.2) is 0 Å². The Morgan fingerprint density at radius 2 is 1.88 bits per heavy atom. The summed E-state index contributed by atoms with van der Waals surface area (Å²) in [7, 11) is 2.20. The van der Waals surface area contributed by atoms with Gasteiger partial charge in [-0.2, -0.15) is 0 Å². The van der Waals surface area contributed by atoms with Crippen molar-refractivity contribution in [2.24, 2.45) is 0 Å². The standard InChI is InChI=1S/C14H25NO2/c1-4-8-17-14(13(16)5-2)9-11-6-7-12(10-14)15(11)3/h11-12H,4-10H2,1-3H3. The summed E-state index contributed by atoms with van der Waals surface area (Å²) in [5, 5.41) is 0. The Balaban J connectivity index is 2.15. The molecule has 0 aromatic heterocycles. The van der Waals surface area contributed by atoms with Crippen LogP contribution >= 0.6 is 0 Å². The first-order valence-corrected chi connectivity index (χ1v) is 7.02. The Kier molecular flexibility index (Phi) is 3.88. The van der Waals surface area contributed by atoms with E-state index in [1.54, 1.807) is 0 Å². The summed E-state index contributed by atoms with van der Waals surface area (Å²) in [5.41, 5.74) is -0.455. The number of piperidine rings is 1. The van der Waals surface area contributed by atoms with Crippen LogP contribution in [0, 0.1) is 0 Å². The molecule has 0 radical (unpaired) electrons. The van der Waals surface area contributed by atoms with E-state index in [9.17, 15) is 4.79 Å². The molecule has 0 saturated carbocycles. The van der Waals surface area contributed by atoms with Crippen LogP contribution in [0.25, 0.3) is 0 Å². The molecular formula is C14H25NO2. The zero-order valence-electron chi connectivity index (χ0n) is 11.4. The second-order valence-electron chi connectivity index (χ2n) is 5.58. The van der Waals surface area contributed by atoms with Crippen LogP contribution in [0.3, 0.4) is 0 Å². The molecule has 2 atom stereocenters. The summed E-state index contributed by atoms with van der Waals surface area (Å²) in [4.78, 5) is 14.7. The van der Waals surface area contributed by atoms with Crippen LogP contribution in [-0.2, 0) is 9.53 Å². The molecule has 0 amide bonds. The summed E-state index contributed by atoms with van der Waals surface area (Å²) in [6, 6.07) is 1.11. The van der Waals surface area contributed by atoms with Crippen molar-refractivity contribution >= 4 is 5.78 Å². The first-order valence-electron chi connectivity index (χ1n) is 7.02. The van der Waals surface area contributed by atoms with E-state index in [-0.39, 0.29) is 0 Å². The van der Waals surface area contributed by atoms with Crippen LogP contribution in [-0.4, -0.2) is 42.0 Å². The summed E-state index contributed by atoms with van der Waals surface area (Å²) in [6.07, 6.45) is 5.88. The number of ketones is 1. The number of Topliss-reactive ketones (excluding diaryl/α,β-unsaturated/α-hetero) is 1. The average molecular weight is 239 g/mol. The predicted molar refractivity (Wildman–Crippen MR) is 68.1 cm³/mol. The molecule has 17 heavy (non-hydrogen) atoms. The largest absolute Gasteiger partial charge is 0.367 e. The van der Waals surface area contributed by atoms with Gasteiger partial charge in [-0.3, -0.25) is 4.79 Å². The maximum absolute atomic E-state index is 12.3. The zero-order chi connectivity index (χ0) is 12.5. The maximum atomic E-state index is 12.3. The highest BCUT2D eigenvalue weighted by atomic mass is 16.5. The molecular weight excluding hydrogens is 214 g/mol. The van der Waals surface area contributed by atoms with Gasteiger partial charge in [0.15, 0.2) is 5.78 Å². The van der Waals surface area contributed by atoms with E-state index in [1.807, 2.05) is 6.92 Å². The van der Waals surface area contributed by atoms with E-state index in [0.29, 0.717) is 24.3 Å². The Morgan fingerprint density at radius 1 is 1.29 bits per heavy atom. The second-order valence-corrected chi connectivity index (χ2v) is 5.58. The lowest BCUT2D eigenvalue weighted by molar-refractivity contribution is -0.155. The van der Waals surface area contributed by atoms with Gasteiger partial charge in [0.1, 0.15) is 5.60 Å². The van der Waals surface area contributed by atoms with Crippen LogP contribution in [0.15, 0.2) is 0 Å². The highest BCUT2D eigenvalue weighted by Gasteiger charge is 2.50. The molecule has 98 valence electrons. The molecule has 2 aliphatic rings. The SMILES string of the molecule is CCCOC1(C(=O)CC)CC2CCC(C1)N2C. The predicted octanol–water partition coefficient (Wildman–Crippen LogP) is 2.39. The third-order valence-electron chi connectivity index (χ3n) is 4.53. The van der Waals surface area contributed by atoms with E-state index in [2.05, 4.69) is 18.9 Å². The Hall–Kier alpha value is -0.410. The van der Waals surface area contributed by atoms with Crippen molar-refractivity contribution in [3.8, 4) is 0 Å². The van der Waals surface area contributed by atoms with Crippen LogP contribution in [0.2, 0.25) is 0 Å². The molecule has 3 nitrogen and oxygen atoms in total. The summed E-state index contributed by atoms with van der Waals surface area (Å²) < 4.78 is 6.03. The zero-order valence-corrected chi connectivity index (χ0v) is 11.4. The van der Waals surface area contributed by atoms with Crippen LogP contribution in [0.5, 0.6) is 0 Å². The van der Waals surface area contributed by atoms with Crippen molar-refractivity contribution < 1.29 is 9.53 Å². The van der Waals surface area contributed by atoms with E-state index < -0.39 is 5.60 Å². The van der Waals surface area contributed by atoms with Crippen molar-refractivity contribution in [1.82, 2.24) is 4.90 Å². The lowest BCUT2D eigenvalue weighted by Crippen LogP contribution is -2.54. The van der Waals surface area contributed by atoms with Crippen molar-refractivity contribution in [1.29, 1.82) is 0 Å². The fourth-order valence-electron chi connectivity index (χ4n) is 3.47. The third-order valence-corrected chi connectivity index (χ3v) is 4.53. The molecule has 3 heteroatoms. The average Bonchev–Trinajstić information content (AvgIpc) is 2.58. The number of carbonyl (C=O) groups is 1. The van der Waals surface area contributed by atoms with Crippen molar-refractivity contribution in [2.45, 2.75) is 70.1 Å². The number of ether oxygens (including phenoxy) is 1. The van der Waals surface area contributed by atoms with Gasteiger partial charge in [0, 0.05) is 25.1 Å². The van der Waals surface area contributed by atoms with Crippen LogP contribution < -0.4 is 0 Å². The summed E-state index contributed by atoms with van der Waals surface area (Å²) in [5.74, 6) is 0.316. The van der Waals surface area contributed by atoms with Gasteiger partial charge in [-0.15, -0.1) is 0 Å². The number of carbonyl (C=O) groups excluding carboxylic acids is 1. The molecule has 2 heterocycles. The maximum Gasteiger partial charge on any atom is 0.164 e. The molecule has 0 aromatic rings. The molecule has 2 unspecified atom stereocenters. The first-order chi connectivity index (χ1) is 8.13. The molecule has 2 aliphatic heterocycles. The number of fused-ring (bicyclic) bond motifs is 2. The highest BCUT2D eigenvalue weighted by molar-refractivity contribution is 5.87. The van der Waals surface area contributed by atoms with E-state index in [4.69, 9.17) is 4.74 Å². The smallest absolute Gasteiger partial charge is 0.164 e. The minimum absolute atomic E-state index is 0.316. The number of rotatable bonds is 5. The van der Waals surface area contributed by atoms with E-state index in [0.717, 1.165) is 25.9 Å². The number of hydrogen-bond donors (Lipinski definition) is 0. The molecule has 0 aliphatic carbocycles. The fraction of sp³-hybridized carbons (Fsp3) is 0.929. The highest BCUT2D eigenvalue weighted by Crippen LogP contribution is 2.42. The Morgan fingerprint density at radius 3 is 2.35 bits per heavy atom. The van der Waals surface area contributed by atoms with Gasteiger partial charge < -0.3 is 9.64 Å². The van der Waals surface area contributed by atoms with E-state index >= 15 is 0 Å². The minimum Gasteiger partial charge on any atom is -0.367 e. The normalized spacial score (nSPS) is 37.4. The quantitative estimate of drug-likeness (QED) is 0.738.